The first kappa shape index (κ1) is 39.3. The summed E-state index contributed by atoms with van der Waals surface area (Å²) in [7, 11) is 0. The molecule has 0 aliphatic carbocycles. The van der Waals surface area contributed by atoms with Gasteiger partial charge in [-0.05, 0) is 63.8 Å². The number of carbonyl (C=O) groups excluding carboxylic acids is 4. The topological polar surface area (TPSA) is 193 Å². The molecule has 278 valence electrons. The second kappa shape index (κ2) is 17.3. The Hall–Kier alpha value is -4.86. The number of hydrazine groups is 1. The van der Waals surface area contributed by atoms with E-state index in [1.54, 1.807) is 60.0 Å². The number of nitrogens with zero attached hydrogens (tertiary/aromatic N) is 3. The molecule has 0 radical (unpaired) electrons. The Kier molecular flexibility index (Phi) is 12.9. The second-order valence-corrected chi connectivity index (χ2v) is 15.9. The van der Waals surface area contributed by atoms with Crippen molar-refractivity contribution in [3.8, 4) is 0 Å². The molecular formula is C37H42ClN9O4S2. The van der Waals surface area contributed by atoms with Gasteiger partial charge in [0.25, 0.3) is 5.91 Å². The first-order chi connectivity index (χ1) is 25.2. The van der Waals surface area contributed by atoms with Crippen molar-refractivity contribution in [3.05, 3.63) is 85.9 Å². The lowest BCUT2D eigenvalue weighted by molar-refractivity contribution is -0.129. The van der Waals surface area contributed by atoms with Crippen LogP contribution >= 0.6 is 34.7 Å². The number of thiazole rings is 1. The fourth-order valence-corrected chi connectivity index (χ4v) is 8.19. The maximum Gasteiger partial charge on any atom is 0.259 e. The van der Waals surface area contributed by atoms with Crippen LogP contribution in [-0.2, 0) is 14.4 Å². The predicted octanol–water partition coefficient (Wildman–Crippen LogP) is 6.83. The van der Waals surface area contributed by atoms with E-state index in [1.807, 2.05) is 26.0 Å². The van der Waals surface area contributed by atoms with Crippen molar-refractivity contribution in [2.75, 3.05) is 10.6 Å². The lowest BCUT2D eigenvalue weighted by Crippen LogP contribution is -2.45. The predicted molar refractivity (Wildman–Crippen MR) is 212 cm³/mol. The zero-order valence-corrected chi connectivity index (χ0v) is 32.4. The van der Waals surface area contributed by atoms with Gasteiger partial charge in [0.05, 0.1) is 34.1 Å². The number of aromatic nitrogens is 1. The van der Waals surface area contributed by atoms with E-state index in [0.717, 1.165) is 26.7 Å². The minimum absolute atomic E-state index is 0.00421. The van der Waals surface area contributed by atoms with Crippen molar-refractivity contribution in [1.29, 1.82) is 10.8 Å². The number of hydrogen-bond acceptors (Lipinski definition) is 10. The highest BCUT2D eigenvalue weighted by atomic mass is 35.5. The number of amides is 4. The molecule has 0 saturated carbocycles. The Morgan fingerprint density at radius 1 is 0.925 bits per heavy atom. The SMILES string of the molecule is CC(=N)N1C(=N)[C@H](CC(=O)NNC(=O)CCCCC(=O)Nc2ccccc2C(=O)Nc2nc(C)c(C)s2)N=C(c2ccc(Cl)cc2)C2=C1SC(C)C2C. The van der Waals surface area contributed by atoms with Crippen LogP contribution in [0.2, 0.25) is 5.02 Å². The molecule has 3 heterocycles. The summed E-state index contributed by atoms with van der Waals surface area (Å²) in [6.45, 7) is 9.59. The van der Waals surface area contributed by atoms with Crippen molar-refractivity contribution < 1.29 is 19.2 Å². The number of hydrogen-bond donors (Lipinski definition) is 6. The third-order valence-corrected chi connectivity index (χ3v) is 11.6. The lowest BCUT2D eigenvalue weighted by atomic mass is 9.91. The molecule has 2 unspecified atom stereocenters. The van der Waals surface area contributed by atoms with Crippen molar-refractivity contribution in [1.82, 2.24) is 20.7 Å². The van der Waals surface area contributed by atoms with Crippen LogP contribution in [0.1, 0.15) is 79.4 Å². The minimum atomic E-state index is -0.929. The van der Waals surface area contributed by atoms with Crippen LogP contribution in [0, 0.1) is 30.6 Å². The van der Waals surface area contributed by atoms with Crippen LogP contribution in [0.3, 0.4) is 0 Å². The second-order valence-electron chi connectivity index (χ2n) is 12.9. The highest BCUT2D eigenvalue weighted by Crippen LogP contribution is 2.46. The molecule has 0 spiro atoms. The number of rotatable bonds is 11. The summed E-state index contributed by atoms with van der Waals surface area (Å²) in [5.74, 6) is -1.47. The van der Waals surface area contributed by atoms with Gasteiger partial charge in [0, 0.05) is 39.1 Å². The Labute approximate surface area is 321 Å². The molecule has 2 aliphatic heterocycles. The molecule has 5 rings (SSSR count). The number of allylic oxidation sites excluding steroid dienone is 1. The zero-order chi connectivity index (χ0) is 38.4. The number of anilines is 2. The van der Waals surface area contributed by atoms with Gasteiger partial charge in [0.2, 0.25) is 17.7 Å². The summed E-state index contributed by atoms with van der Waals surface area (Å²) in [6, 6.07) is 13.0. The fraction of sp³-hybridized carbons (Fsp3) is 0.351. The summed E-state index contributed by atoms with van der Waals surface area (Å²) in [5.41, 5.74) is 8.71. The van der Waals surface area contributed by atoms with E-state index in [0.29, 0.717) is 40.0 Å². The number of halogens is 1. The summed E-state index contributed by atoms with van der Waals surface area (Å²) in [5, 5.41) is 25.1. The third kappa shape index (κ3) is 9.58. The first-order valence-electron chi connectivity index (χ1n) is 17.1. The quantitative estimate of drug-likeness (QED) is 0.0532. The van der Waals surface area contributed by atoms with Crippen molar-refractivity contribution in [2.45, 2.75) is 78.0 Å². The van der Waals surface area contributed by atoms with Crippen LogP contribution in [0.25, 0.3) is 0 Å². The van der Waals surface area contributed by atoms with Gasteiger partial charge < -0.3 is 5.32 Å². The summed E-state index contributed by atoms with van der Waals surface area (Å²) >= 11 is 9.12. The van der Waals surface area contributed by atoms with Gasteiger partial charge in [-0.25, -0.2) is 4.98 Å². The van der Waals surface area contributed by atoms with E-state index < -0.39 is 17.9 Å². The number of unbranched alkanes of at least 4 members (excludes halogenated alkanes) is 1. The Morgan fingerprint density at radius 2 is 1.58 bits per heavy atom. The molecule has 6 N–H and O–H groups in total. The van der Waals surface area contributed by atoms with Gasteiger partial charge in [0.15, 0.2) is 5.13 Å². The van der Waals surface area contributed by atoms with Crippen molar-refractivity contribution >= 4 is 86.5 Å². The van der Waals surface area contributed by atoms with E-state index in [1.165, 1.54) is 11.3 Å². The van der Waals surface area contributed by atoms with E-state index in [2.05, 4.69) is 40.3 Å². The van der Waals surface area contributed by atoms with Gasteiger partial charge in [-0.3, -0.25) is 56.1 Å². The molecule has 53 heavy (non-hydrogen) atoms. The van der Waals surface area contributed by atoms with Crippen LogP contribution in [0.15, 0.2) is 64.1 Å². The zero-order valence-electron chi connectivity index (χ0n) is 30.1. The highest BCUT2D eigenvalue weighted by molar-refractivity contribution is 8.04. The average Bonchev–Trinajstić information content (AvgIpc) is 3.54. The number of aryl methyl sites for hydroxylation is 2. The van der Waals surface area contributed by atoms with Crippen LogP contribution < -0.4 is 21.5 Å². The molecule has 13 nitrogen and oxygen atoms in total. The molecular weight excluding hydrogens is 734 g/mol. The molecule has 4 amide bonds. The minimum Gasteiger partial charge on any atom is -0.325 e. The number of thioether (sulfide) groups is 1. The van der Waals surface area contributed by atoms with Crippen LogP contribution in [0.5, 0.6) is 0 Å². The monoisotopic (exact) mass is 775 g/mol. The molecule has 16 heteroatoms. The molecule has 0 fully saturated rings. The van der Waals surface area contributed by atoms with E-state index in [-0.39, 0.29) is 53.9 Å². The summed E-state index contributed by atoms with van der Waals surface area (Å²) in [6.07, 6.45) is 0.710. The van der Waals surface area contributed by atoms with Crippen molar-refractivity contribution in [3.63, 3.8) is 0 Å². The lowest BCUT2D eigenvalue weighted by Gasteiger charge is -2.27. The standard InChI is InChI=1S/C37H42ClN9O4S2/c1-19-21(3)52-36-32(19)33(24-14-16-25(38)17-15-24)43-28(34(40)47(36)23(5)39)18-31(50)46-45-30(49)13-9-8-12-29(48)42-27-11-7-6-10-26(27)35(51)44-37-41-20(2)22(4)53-37/h6-7,10-11,14-17,19,21,28,39-40H,8-9,12-13,18H2,1-5H3,(H,42,48)(H,45,49)(H,46,50)(H,41,44,51)/t19?,21?,28-/m0/s1. The maximum absolute atomic E-state index is 13.1. The molecule has 3 atom stereocenters. The number of carbonyl (C=O) groups is 4. The van der Waals surface area contributed by atoms with Gasteiger partial charge in [-0.15, -0.1) is 23.1 Å². The van der Waals surface area contributed by atoms with Gasteiger partial charge in [-0.2, -0.15) is 0 Å². The molecule has 1 aromatic heterocycles. The van der Waals surface area contributed by atoms with Gasteiger partial charge in [-0.1, -0.05) is 49.7 Å². The largest absolute Gasteiger partial charge is 0.325 e. The Morgan fingerprint density at radius 3 is 2.25 bits per heavy atom. The fourth-order valence-electron chi connectivity index (χ4n) is 5.81. The molecule has 2 aliphatic rings. The molecule has 0 bridgehead atoms. The maximum atomic E-state index is 13.1. The summed E-state index contributed by atoms with van der Waals surface area (Å²) in [4.78, 5) is 63.1. The smallest absolute Gasteiger partial charge is 0.259 e. The number of aliphatic imine (C=N–C) groups is 1. The van der Waals surface area contributed by atoms with E-state index in [4.69, 9.17) is 27.4 Å². The number of para-hydroxylation sites is 1. The number of nitrogens with one attached hydrogen (secondary N) is 6. The van der Waals surface area contributed by atoms with Crippen LogP contribution in [-0.4, -0.2) is 62.2 Å². The molecule has 2 aromatic carbocycles. The van der Waals surface area contributed by atoms with Gasteiger partial charge in [0.1, 0.15) is 17.7 Å². The third-order valence-electron chi connectivity index (χ3n) is 8.91. The number of benzene rings is 2. The number of amidine groups is 2. The summed E-state index contributed by atoms with van der Waals surface area (Å²) < 4.78 is 0. The molecule has 0 saturated heterocycles. The Balaban J connectivity index is 1.12. The first-order valence-corrected chi connectivity index (χ1v) is 19.2. The van der Waals surface area contributed by atoms with E-state index in [9.17, 15) is 19.2 Å². The normalized spacial score (nSPS) is 18.2. The van der Waals surface area contributed by atoms with Gasteiger partial charge >= 0.3 is 0 Å². The van der Waals surface area contributed by atoms with E-state index >= 15 is 0 Å². The molecule has 3 aromatic rings. The van der Waals surface area contributed by atoms with Crippen LogP contribution in [0.4, 0.5) is 10.8 Å². The Bertz CT molecular complexity index is 1990. The van der Waals surface area contributed by atoms with Crippen molar-refractivity contribution in [2.24, 2.45) is 10.9 Å². The highest BCUT2D eigenvalue weighted by Gasteiger charge is 2.41. The average molecular weight is 776 g/mol.